The van der Waals surface area contributed by atoms with E-state index in [9.17, 15) is 23.1 Å². The molecule has 2 aromatic carbocycles. The fourth-order valence-electron chi connectivity index (χ4n) is 3.48. The van der Waals surface area contributed by atoms with Crippen molar-refractivity contribution in [1.82, 2.24) is 0 Å². The molecule has 2 aromatic rings. The van der Waals surface area contributed by atoms with Gasteiger partial charge in [0.25, 0.3) is 10.0 Å². The Hall–Kier alpha value is -2.78. The van der Waals surface area contributed by atoms with Crippen LogP contribution in [0.4, 0.5) is 11.4 Å². The maximum Gasteiger partial charge on any atom is 0.337 e. The minimum Gasteiger partial charge on any atom is -0.478 e. The van der Waals surface area contributed by atoms with Gasteiger partial charge in [0.05, 0.1) is 28.7 Å². The molecule has 1 saturated heterocycles. The second kappa shape index (κ2) is 9.57. The van der Waals surface area contributed by atoms with Gasteiger partial charge in [-0.25, -0.2) is 13.2 Å². The van der Waals surface area contributed by atoms with Crippen LogP contribution < -0.4 is 9.62 Å². The number of esters is 1. The summed E-state index contributed by atoms with van der Waals surface area (Å²) in [7, 11) is -4.00. The molecule has 1 atom stereocenters. The average molecular weight is 467 g/mol. The molecule has 1 aliphatic rings. The van der Waals surface area contributed by atoms with Crippen molar-refractivity contribution in [3.8, 4) is 0 Å². The van der Waals surface area contributed by atoms with Crippen molar-refractivity contribution < 1.29 is 27.9 Å². The Balaban J connectivity index is 1.85. The van der Waals surface area contributed by atoms with Gasteiger partial charge in [0.15, 0.2) is 0 Å². The van der Waals surface area contributed by atoms with Crippen molar-refractivity contribution >= 4 is 44.9 Å². The smallest absolute Gasteiger partial charge is 0.337 e. The SMILES string of the molecule is CCOC(=O)C1CCCN(c2ccc(NS(=O)(=O)c3ccc(Cl)cc3)c(C(=O)O)c2)C1. The number of halogens is 1. The van der Waals surface area contributed by atoms with Crippen LogP contribution in [0.3, 0.4) is 0 Å². The van der Waals surface area contributed by atoms with Gasteiger partial charge >= 0.3 is 11.9 Å². The zero-order valence-electron chi connectivity index (χ0n) is 16.9. The van der Waals surface area contributed by atoms with Gasteiger partial charge in [-0.2, -0.15) is 0 Å². The molecule has 3 rings (SSSR count). The molecule has 0 amide bonds. The highest BCUT2D eigenvalue weighted by Gasteiger charge is 2.28. The lowest BCUT2D eigenvalue weighted by Gasteiger charge is -2.33. The molecule has 2 N–H and O–H groups in total. The van der Waals surface area contributed by atoms with Gasteiger partial charge in [-0.1, -0.05) is 11.6 Å². The van der Waals surface area contributed by atoms with E-state index >= 15 is 0 Å². The lowest BCUT2D eigenvalue weighted by atomic mass is 9.97. The molecule has 1 unspecified atom stereocenters. The lowest BCUT2D eigenvalue weighted by molar-refractivity contribution is -0.148. The number of anilines is 2. The molecule has 10 heteroatoms. The lowest BCUT2D eigenvalue weighted by Crippen LogP contribution is -2.39. The number of hydrogen-bond donors (Lipinski definition) is 2. The van der Waals surface area contributed by atoms with E-state index in [0.29, 0.717) is 36.8 Å². The summed E-state index contributed by atoms with van der Waals surface area (Å²) < 4.78 is 32.7. The minimum absolute atomic E-state index is 0.0365. The molecule has 0 spiro atoms. The molecule has 0 bridgehead atoms. The molecule has 1 heterocycles. The number of carbonyl (C=O) groups is 2. The van der Waals surface area contributed by atoms with Crippen LogP contribution in [-0.2, 0) is 19.6 Å². The molecule has 8 nitrogen and oxygen atoms in total. The van der Waals surface area contributed by atoms with Crippen molar-refractivity contribution in [3.05, 3.63) is 53.1 Å². The minimum atomic E-state index is -4.00. The van der Waals surface area contributed by atoms with Gasteiger partial charge in [0.2, 0.25) is 0 Å². The zero-order chi connectivity index (χ0) is 22.6. The quantitative estimate of drug-likeness (QED) is 0.599. The van der Waals surface area contributed by atoms with E-state index in [-0.39, 0.29) is 28.0 Å². The molecule has 31 heavy (non-hydrogen) atoms. The van der Waals surface area contributed by atoms with E-state index in [4.69, 9.17) is 16.3 Å². The fourth-order valence-corrected chi connectivity index (χ4v) is 4.68. The zero-order valence-corrected chi connectivity index (χ0v) is 18.4. The van der Waals surface area contributed by atoms with E-state index < -0.39 is 16.0 Å². The second-order valence-corrected chi connectivity index (χ2v) is 9.25. The van der Waals surface area contributed by atoms with Crippen molar-refractivity contribution in [3.63, 3.8) is 0 Å². The number of rotatable bonds is 7. The third-order valence-electron chi connectivity index (χ3n) is 5.01. The second-order valence-electron chi connectivity index (χ2n) is 7.13. The molecule has 0 radical (unpaired) electrons. The van der Waals surface area contributed by atoms with E-state index in [1.54, 1.807) is 13.0 Å². The summed E-state index contributed by atoms with van der Waals surface area (Å²) in [5.41, 5.74) is 0.360. The number of benzene rings is 2. The summed E-state index contributed by atoms with van der Waals surface area (Å²) in [5.74, 6) is -1.82. The van der Waals surface area contributed by atoms with Crippen LogP contribution in [0.15, 0.2) is 47.4 Å². The van der Waals surface area contributed by atoms with Gasteiger partial charge in [-0.15, -0.1) is 0 Å². The summed E-state index contributed by atoms with van der Waals surface area (Å²) in [5, 5.41) is 10.0. The summed E-state index contributed by atoms with van der Waals surface area (Å²) in [6.45, 7) is 3.13. The molecular formula is C21H23ClN2O6S. The third kappa shape index (κ3) is 5.48. The molecule has 1 aliphatic heterocycles. The normalized spacial score (nSPS) is 16.6. The van der Waals surface area contributed by atoms with Crippen LogP contribution in [0.5, 0.6) is 0 Å². The number of piperidine rings is 1. The van der Waals surface area contributed by atoms with Crippen LogP contribution in [0.1, 0.15) is 30.1 Å². The maximum atomic E-state index is 12.6. The van der Waals surface area contributed by atoms with Crippen LogP contribution >= 0.6 is 11.6 Å². The summed E-state index contributed by atoms with van der Waals surface area (Å²) in [6, 6.07) is 10.0. The number of hydrogen-bond acceptors (Lipinski definition) is 6. The highest BCUT2D eigenvalue weighted by Crippen LogP contribution is 2.29. The Morgan fingerprint density at radius 3 is 2.58 bits per heavy atom. The van der Waals surface area contributed by atoms with E-state index in [1.165, 1.54) is 36.4 Å². The topological polar surface area (TPSA) is 113 Å². The number of ether oxygens (including phenoxy) is 1. The first-order valence-electron chi connectivity index (χ1n) is 9.78. The highest BCUT2D eigenvalue weighted by molar-refractivity contribution is 7.92. The maximum absolute atomic E-state index is 12.6. The van der Waals surface area contributed by atoms with Crippen molar-refractivity contribution in [2.45, 2.75) is 24.7 Å². The van der Waals surface area contributed by atoms with E-state index in [2.05, 4.69) is 4.72 Å². The van der Waals surface area contributed by atoms with Gasteiger partial charge in [0.1, 0.15) is 0 Å². The fraction of sp³-hybridized carbons (Fsp3) is 0.333. The van der Waals surface area contributed by atoms with Crippen LogP contribution in [0.25, 0.3) is 0 Å². The Bertz CT molecular complexity index is 1070. The number of nitrogens with zero attached hydrogens (tertiary/aromatic N) is 1. The first-order valence-corrected chi connectivity index (χ1v) is 11.6. The summed E-state index contributed by atoms with van der Waals surface area (Å²) in [6.07, 6.45) is 1.47. The van der Waals surface area contributed by atoms with Crippen LogP contribution in [0.2, 0.25) is 5.02 Å². The largest absolute Gasteiger partial charge is 0.478 e. The molecule has 0 aliphatic carbocycles. The molecule has 0 aromatic heterocycles. The molecule has 0 saturated carbocycles. The van der Waals surface area contributed by atoms with E-state index in [1.807, 2.05) is 4.90 Å². The Morgan fingerprint density at radius 2 is 1.94 bits per heavy atom. The van der Waals surface area contributed by atoms with Crippen molar-refractivity contribution in [2.75, 3.05) is 29.3 Å². The predicted molar refractivity (Wildman–Crippen MR) is 117 cm³/mol. The standard InChI is InChI=1S/C21H23ClN2O6S/c1-2-30-21(27)14-4-3-11-24(13-14)16-7-10-19(18(12-16)20(25)26)23-31(28,29)17-8-5-15(22)6-9-17/h5-10,12,14,23H,2-4,11,13H2,1H3,(H,25,26). The Kier molecular flexibility index (Phi) is 7.07. The van der Waals surface area contributed by atoms with Gasteiger partial charge in [-0.3, -0.25) is 9.52 Å². The van der Waals surface area contributed by atoms with Crippen molar-refractivity contribution in [2.24, 2.45) is 5.92 Å². The van der Waals surface area contributed by atoms with Crippen molar-refractivity contribution in [1.29, 1.82) is 0 Å². The number of aromatic carboxylic acids is 1. The molecule has 166 valence electrons. The number of carboxylic acid groups (broad SMARTS) is 1. The first kappa shape index (κ1) is 22.9. The highest BCUT2D eigenvalue weighted by atomic mass is 35.5. The number of sulfonamides is 1. The molecule has 1 fully saturated rings. The Morgan fingerprint density at radius 1 is 1.23 bits per heavy atom. The number of carbonyl (C=O) groups excluding carboxylic acids is 1. The third-order valence-corrected chi connectivity index (χ3v) is 6.64. The Labute approximate surface area is 185 Å². The molecular weight excluding hydrogens is 444 g/mol. The van der Waals surface area contributed by atoms with Crippen LogP contribution in [-0.4, -0.2) is 45.2 Å². The summed E-state index contributed by atoms with van der Waals surface area (Å²) >= 11 is 5.80. The predicted octanol–water partition coefficient (Wildman–Crippen LogP) is 3.62. The number of nitrogens with one attached hydrogen (secondary N) is 1. The van der Waals surface area contributed by atoms with Gasteiger partial charge in [-0.05, 0) is 62.2 Å². The van der Waals surface area contributed by atoms with Crippen LogP contribution in [0, 0.1) is 5.92 Å². The first-order chi connectivity index (χ1) is 14.7. The number of carboxylic acids is 1. The van der Waals surface area contributed by atoms with Gasteiger partial charge < -0.3 is 14.7 Å². The monoisotopic (exact) mass is 466 g/mol. The van der Waals surface area contributed by atoms with E-state index in [0.717, 1.165) is 6.42 Å². The van der Waals surface area contributed by atoms with Gasteiger partial charge in [0, 0.05) is 23.8 Å². The average Bonchev–Trinajstić information content (AvgIpc) is 2.74. The summed E-state index contributed by atoms with van der Waals surface area (Å²) in [4.78, 5) is 25.8.